The van der Waals surface area contributed by atoms with Crippen LogP contribution < -0.4 is 10.2 Å². The Labute approximate surface area is 215 Å². The van der Waals surface area contributed by atoms with E-state index in [0.29, 0.717) is 11.3 Å². The van der Waals surface area contributed by atoms with Gasteiger partial charge in [-0.3, -0.25) is 4.79 Å². The Balaban J connectivity index is 1.94. The minimum absolute atomic E-state index is 0.00328. The van der Waals surface area contributed by atoms with Crippen LogP contribution in [0.15, 0.2) is 56.8 Å². The maximum absolute atomic E-state index is 13.8. The lowest BCUT2D eigenvalue weighted by atomic mass is 9.96. The molecule has 0 bridgehead atoms. The van der Waals surface area contributed by atoms with E-state index in [9.17, 15) is 25.2 Å². The summed E-state index contributed by atoms with van der Waals surface area (Å²) in [7, 11) is 0. The van der Waals surface area contributed by atoms with Crippen LogP contribution in [0.4, 0.5) is 0 Å². The smallest absolute Gasteiger partial charge is 0.200 e. The van der Waals surface area contributed by atoms with Crippen molar-refractivity contribution in [1.29, 1.82) is 0 Å². The molecule has 4 N–H and O–H groups in total. The minimum Gasteiger partial charge on any atom is -0.507 e. The molecule has 0 saturated heterocycles. The second kappa shape index (κ2) is 9.73. The van der Waals surface area contributed by atoms with Gasteiger partial charge in [-0.25, -0.2) is 0 Å². The third-order valence-electron chi connectivity index (χ3n) is 6.36. The van der Waals surface area contributed by atoms with Crippen molar-refractivity contribution in [3.63, 3.8) is 0 Å². The molecular formula is C30H32O7. The van der Waals surface area contributed by atoms with E-state index in [2.05, 4.69) is 6.08 Å². The summed E-state index contributed by atoms with van der Waals surface area (Å²) in [6, 6.07) is 3.67. The van der Waals surface area contributed by atoms with Gasteiger partial charge >= 0.3 is 0 Å². The van der Waals surface area contributed by atoms with Gasteiger partial charge in [-0.2, -0.15) is 0 Å². The zero-order chi connectivity index (χ0) is 27.1. The second-order valence-electron chi connectivity index (χ2n) is 10.2. The first-order chi connectivity index (χ1) is 17.4. The standard InChI is InChI=1S/C30H32O7/c1-16(2)7-6-8-17(3)9-10-19-28(35)26-25(15-24-18(27(26)34)11-12-30(4,5)37-24)36-29(19)20-13-22(32)23(33)14-21(20)31/h7,9,11-15,31-34H,6,8,10H2,1-5H3. The van der Waals surface area contributed by atoms with E-state index in [1.807, 2.05) is 40.7 Å². The quantitative estimate of drug-likeness (QED) is 0.167. The van der Waals surface area contributed by atoms with Crippen LogP contribution in [-0.4, -0.2) is 26.0 Å². The molecule has 0 fully saturated rings. The van der Waals surface area contributed by atoms with E-state index in [1.165, 1.54) is 5.57 Å². The van der Waals surface area contributed by atoms with Gasteiger partial charge in [0.2, 0.25) is 5.43 Å². The molecule has 1 aliphatic rings. The molecule has 7 nitrogen and oxygen atoms in total. The van der Waals surface area contributed by atoms with Crippen LogP contribution in [0, 0.1) is 0 Å². The van der Waals surface area contributed by atoms with Crippen molar-refractivity contribution >= 4 is 17.0 Å². The Morgan fingerprint density at radius 3 is 2.38 bits per heavy atom. The van der Waals surface area contributed by atoms with Crippen LogP contribution in [0.3, 0.4) is 0 Å². The summed E-state index contributed by atoms with van der Waals surface area (Å²) in [4.78, 5) is 13.8. The van der Waals surface area contributed by atoms with Gasteiger partial charge in [0.15, 0.2) is 11.5 Å². The average molecular weight is 505 g/mol. The zero-order valence-corrected chi connectivity index (χ0v) is 21.7. The zero-order valence-electron chi connectivity index (χ0n) is 21.7. The van der Waals surface area contributed by atoms with Gasteiger partial charge in [-0.15, -0.1) is 0 Å². The highest BCUT2D eigenvalue weighted by molar-refractivity contribution is 5.93. The Bertz CT molecular complexity index is 1530. The first kappa shape index (κ1) is 25.9. The lowest BCUT2D eigenvalue weighted by Gasteiger charge is -2.28. The molecule has 0 amide bonds. The number of phenolic OH excluding ortho intramolecular Hbond substituents is 4. The first-order valence-corrected chi connectivity index (χ1v) is 12.2. The monoisotopic (exact) mass is 504 g/mol. The van der Waals surface area contributed by atoms with E-state index in [1.54, 1.807) is 18.2 Å². The van der Waals surface area contributed by atoms with Gasteiger partial charge in [-0.1, -0.05) is 23.3 Å². The molecule has 1 aromatic heterocycles. The molecule has 0 unspecified atom stereocenters. The third-order valence-corrected chi connectivity index (χ3v) is 6.36. The summed E-state index contributed by atoms with van der Waals surface area (Å²) in [5, 5.41) is 41.6. The summed E-state index contributed by atoms with van der Waals surface area (Å²) in [6.07, 6.45) is 9.42. The minimum atomic E-state index is -0.620. The van der Waals surface area contributed by atoms with Crippen LogP contribution in [0.25, 0.3) is 28.4 Å². The van der Waals surface area contributed by atoms with Gasteiger partial charge < -0.3 is 29.6 Å². The van der Waals surface area contributed by atoms with Crippen molar-refractivity contribution in [1.82, 2.24) is 0 Å². The average Bonchev–Trinajstić information content (AvgIpc) is 2.79. The number of benzene rings is 2. The van der Waals surface area contributed by atoms with Crippen molar-refractivity contribution < 1.29 is 29.6 Å². The summed E-state index contributed by atoms with van der Waals surface area (Å²) >= 11 is 0. The summed E-state index contributed by atoms with van der Waals surface area (Å²) < 4.78 is 12.1. The molecule has 0 atom stereocenters. The maximum atomic E-state index is 13.8. The number of rotatable bonds is 6. The van der Waals surface area contributed by atoms with Crippen molar-refractivity contribution in [3.05, 3.63) is 68.9 Å². The van der Waals surface area contributed by atoms with E-state index in [0.717, 1.165) is 30.5 Å². The highest BCUT2D eigenvalue weighted by Gasteiger charge is 2.28. The largest absolute Gasteiger partial charge is 0.507 e. The summed E-state index contributed by atoms with van der Waals surface area (Å²) in [6.45, 7) is 9.78. The van der Waals surface area contributed by atoms with Crippen LogP contribution in [-0.2, 0) is 6.42 Å². The topological polar surface area (TPSA) is 120 Å². The molecular weight excluding hydrogens is 472 g/mol. The molecule has 37 heavy (non-hydrogen) atoms. The predicted octanol–water partition coefficient (Wildman–Crippen LogP) is 6.70. The Kier molecular flexibility index (Phi) is 6.82. The highest BCUT2D eigenvalue weighted by Crippen LogP contribution is 2.44. The molecule has 0 spiro atoms. The fourth-order valence-corrected chi connectivity index (χ4v) is 4.33. The number of aromatic hydroxyl groups is 4. The van der Waals surface area contributed by atoms with Gasteiger partial charge in [0.1, 0.15) is 39.6 Å². The van der Waals surface area contributed by atoms with Crippen LogP contribution >= 0.6 is 0 Å². The molecule has 194 valence electrons. The van der Waals surface area contributed by atoms with Crippen molar-refractivity contribution in [2.45, 2.75) is 59.5 Å². The third kappa shape index (κ3) is 5.21. The maximum Gasteiger partial charge on any atom is 0.200 e. The van der Waals surface area contributed by atoms with E-state index in [4.69, 9.17) is 9.15 Å². The van der Waals surface area contributed by atoms with E-state index < -0.39 is 22.5 Å². The van der Waals surface area contributed by atoms with Crippen LogP contribution in [0.1, 0.15) is 58.6 Å². The first-order valence-electron chi connectivity index (χ1n) is 12.2. The van der Waals surface area contributed by atoms with Gasteiger partial charge in [0.25, 0.3) is 0 Å². The van der Waals surface area contributed by atoms with Crippen molar-refractivity contribution in [2.75, 3.05) is 0 Å². The number of ether oxygens (including phenoxy) is 1. The Hall–Kier alpha value is -4.13. The molecule has 1 aliphatic heterocycles. The number of fused-ring (bicyclic) bond motifs is 2. The fourth-order valence-electron chi connectivity index (χ4n) is 4.33. The van der Waals surface area contributed by atoms with Gasteiger partial charge in [0.05, 0.1) is 11.1 Å². The SMILES string of the molecule is CC(C)=CCCC(C)=CCc1c(-c2cc(O)c(O)cc2O)oc2cc3c(c(O)c2c1=O)C=CC(C)(C)O3. The fraction of sp³-hybridized carbons (Fsp3) is 0.300. The van der Waals surface area contributed by atoms with E-state index >= 15 is 0 Å². The number of phenols is 4. The van der Waals surface area contributed by atoms with Crippen molar-refractivity contribution in [3.8, 4) is 40.1 Å². The summed E-state index contributed by atoms with van der Waals surface area (Å²) in [5.74, 6) is -1.21. The number of hydrogen-bond donors (Lipinski definition) is 4. The molecule has 0 saturated carbocycles. The second-order valence-corrected chi connectivity index (χ2v) is 10.2. The van der Waals surface area contributed by atoms with E-state index in [-0.39, 0.29) is 45.8 Å². The molecule has 0 radical (unpaired) electrons. The number of allylic oxidation sites excluding steroid dienone is 4. The molecule has 2 aromatic carbocycles. The van der Waals surface area contributed by atoms with Gasteiger partial charge in [-0.05, 0) is 72.1 Å². The predicted molar refractivity (Wildman–Crippen MR) is 144 cm³/mol. The molecule has 7 heteroatoms. The lowest BCUT2D eigenvalue weighted by molar-refractivity contribution is 0.158. The summed E-state index contributed by atoms with van der Waals surface area (Å²) in [5.41, 5.74) is 1.91. The Morgan fingerprint density at radius 1 is 0.973 bits per heavy atom. The van der Waals surface area contributed by atoms with Crippen LogP contribution in [0.2, 0.25) is 0 Å². The van der Waals surface area contributed by atoms with Crippen LogP contribution in [0.5, 0.6) is 28.7 Å². The van der Waals surface area contributed by atoms with Gasteiger partial charge in [0, 0.05) is 17.7 Å². The number of hydrogen-bond acceptors (Lipinski definition) is 7. The highest BCUT2D eigenvalue weighted by atomic mass is 16.5. The molecule has 4 rings (SSSR count). The van der Waals surface area contributed by atoms with Crippen molar-refractivity contribution in [2.24, 2.45) is 0 Å². The molecule has 3 aromatic rings. The molecule has 0 aliphatic carbocycles. The molecule has 2 heterocycles. The lowest BCUT2D eigenvalue weighted by Crippen LogP contribution is -2.27. The Morgan fingerprint density at radius 2 is 1.68 bits per heavy atom. The normalized spacial score (nSPS) is 14.4.